The van der Waals surface area contributed by atoms with Gasteiger partial charge in [0.15, 0.2) is 0 Å². The minimum atomic E-state index is -0.588. The first kappa shape index (κ1) is 15.7. The standard InChI is InChI=1S/C14H17NO5/c1-4-5-8-20-10(2)13-9-11(15(17)18)6-7-12(13)14(16)19-3/h6-7,9H,2,4-5,8H2,1,3H3. The van der Waals surface area contributed by atoms with Crippen molar-refractivity contribution in [1.82, 2.24) is 0 Å². The summed E-state index contributed by atoms with van der Waals surface area (Å²) in [5.74, 6) is -0.363. The molecule has 0 radical (unpaired) electrons. The van der Waals surface area contributed by atoms with Crippen LogP contribution in [0.2, 0.25) is 0 Å². The third-order valence-electron chi connectivity index (χ3n) is 2.69. The van der Waals surface area contributed by atoms with Gasteiger partial charge in [0, 0.05) is 17.7 Å². The summed E-state index contributed by atoms with van der Waals surface area (Å²) in [6.07, 6.45) is 1.79. The van der Waals surface area contributed by atoms with Crippen LogP contribution in [0.3, 0.4) is 0 Å². The lowest BCUT2D eigenvalue weighted by atomic mass is 10.1. The molecule has 0 heterocycles. The highest BCUT2D eigenvalue weighted by Gasteiger charge is 2.19. The second kappa shape index (κ2) is 7.28. The molecule has 0 saturated heterocycles. The molecule has 108 valence electrons. The van der Waals surface area contributed by atoms with Crippen LogP contribution in [0, 0.1) is 10.1 Å². The van der Waals surface area contributed by atoms with Gasteiger partial charge in [-0.3, -0.25) is 10.1 Å². The van der Waals surface area contributed by atoms with E-state index in [9.17, 15) is 14.9 Å². The molecule has 0 aromatic heterocycles. The number of carbonyl (C=O) groups excluding carboxylic acids is 1. The maximum atomic E-state index is 11.7. The average Bonchev–Trinajstić information content (AvgIpc) is 2.45. The Kier molecular flexibility index (Phi) is 5.71. The van der Waals surface area contributed by atoms with Gasteiger partial charge in [-0.25, -0.2) is 4.79 Å². The zero-order valence-corrected chi connectivity index (χ0v) is 11.5. The maximum absolute atomic E-state index is 11.7. The van der Waals surface area contributed by atoms with Crippen LogP contribution in [0.15, 0.2) is 24.8 Å². The maximum Gasteiger partial charge on any atom is 0.338 e. The molecule has 0 aliphatic carbocycles. The molecule has 0 aliphatic rings. The average molecular weight is 279 g/mol. The quantitative estimate of drug-likeness (QED) is 0.252. The first-order valence-corrected chi connectivity index (χ1v) is 6.20. The summed E-state index contributed by atoms with van der Waals surface area (Å²) in [6, 6.07) is 3.85. The van der Waals surface area contributed by atoms with Crippen LogP contribution in [0.25, 0.3) is 5.76 Å². The lowest BCUT2D eigenvalue weighted by molar-refractivity contribution is -0.384. The van der Waals surface area contributed by atoms with Gasteiger partial charge in [-0.2, -0.15) is 0 Å². The second-order valence-electron chi connectivity index (χ2n) is 4.10. The number of unbranched alkanes of at least 4 members (excludes halogenated alkanes) is 1. The summed E-state index contributed by atoms with van der Waals surface area (Å²) in [5, 5.41) is 10.8. The Labute approximate surface area is 117 Å². The number of methoxy groups -OCH3 is 1. The van der Waals surface area contributed by atoms with Crippen LogP contribution in [0.1, 0.15) is 35.7 Å². The fraction of sp³-hybridized carbons (Fsp3) is 0.357. The number of nitro groups is 1. The third kappa shape index (κ3) is 3.81. The van der Waals surface area contributed by atoms with Gasteiger partial charge in [-0.15, -0.1) is 0 Å². The first-order chi connectivity index (χ1) is 9.51. The molecule has 20 heavy (non-hydrogen) atoms. The molecule has 0 saturated carbocycles. The number of nitro benzene ring substituents is 1. The summed E-state index contributed by atoms with van der Waals surface area (Å²) in [7, 11) is 1.24. The molecule has 0 N–H and O–H groups in total. The SMILES string of the molecule is C=C(OCCCC)c1cc([N+](=O)[O-])ccc1C(=O)OC. The molecular weight excluding hydrogens is 262 g/mol. The van der Waals surface area contributed by atoms with Crippen LogP contribution in [0.5, 0.6) is 0 Å². The van der Waals surface area contributed by atoms with Crippen LogP contribution in [-0.4, -0.2) is 24.6 Å². The summed E-state index contributed by atoms with van der Waals surface area (Å²) in [4.78, 5) is 21.9. The van der Waals surface area contributed by atoms with Crippen molar-refractivity contribution in [2.75, 3.05) is 13.7 Å². The number of rotatable bonds is 7. The van der Waals surface area contributed by atoms with E-state index in [4.69, 9.17) is 4.74 Å². The zero-order valence-electron chi connectivity index (χ0n) is 11.5. The summed E-state index contributed by atoms with van der Waals surface area (Å²) < 4.78 is 10.1. The van der Waals surface area contributed by atoms with Crippen molar-refractivity contribution in [2.45, 2.75) is 19.8 Å². The Balaban J connectivity index is 3.10. The molecule has 1 aromatic rings. The molecule has 0 amide bonds. The van der Waals surface area contributed by atoms with E-state index in [1.807, 2.05) is 6.92 Å². The van der Waals surface area contributed by atoms with Crippen LogP contribution in [0.4, 0.5) is 5.69 Å². The van der Waals surface area contributed by atoms with Crippen LogP contribution in [-0.2, 0) is 9.47 Å². The number of carbonyl (C=O) groups is 1. The lowest BCUT2D eigenvalue weighted by Gasteiger charge is -2.12. The number of ether oxygens (including phenoxy) is 2. The smallest absolute Gasteiger partial charge is 0.338 e. The molecule has 1 rings (SSSR count). The number of non-ortho nitro benzene ring substituents is 1. The minimum absolute atomic E-state index is 0.132. The van der Waals surface area contributed by atoms with Crippen molar-refractivity contribution in [2.24, 2.45) is 0 Å². The molecular formula is C14H17NO5. The topological polar surface area (TPSA) is 78.7 Å². The fourth-order valence-corrected chi connectivity index (χ4v) is 1.58. The largest absolute Gasteiger partial charge is 0.494 e. The molecule has 6 heteroatoms. The summed E-state index contributed by atoms with van der Waals surface area (Å²) in [5.41, 5.74) is 0.342. The number of nitrogens with zero attached hydrogens (tertiary/aromatic N) is 1. The Morgan fingerprint density at radius 3 is 2.65 bits per heavy atom. The van der Waals surface area contributed by atoms with Crippen molar-refractivity contribution in [1.29, 1.82) is 0 Å². The molecule has 0 bridgehead atoms. The van der Waals surface area contributed by atoms with E-state index in [1.165, 1.54) is 25.3 Å². The molecule has 0 spiro atoms. The highest BCUT2D eigenvalue weighted by molar-refractivity contribution is 5.95. The van der Waals surface area contributed by atoms with Gasteiger partial charge in [0.05, 0.1) is 24.2 Å². The van der Waals surface area contributed by atoms with E-state index in [1.54, 1.807) is 0 Å². The normalized spacial score (nSPS) is 9.90. The highest BCUT2D eigenvalue weighted by atomic mass is 16.6. The number of benzene rings is 1. The number of hydrogen-bond donors (Lipinski definition) is 0. The Hall–Kier alpha value is -2.37. The molecule has 0 unspecified atom stereocenters. The Morgan fingerprint density at radius 2 is 2.10 bits per heavy atom. The van der Waals surface area contributed by atoms with Gasteiger partial charge in [0.1, 0.15) is 5.76 Å². The van der Waals surface area contributed by atoms with E-state index in [2.05, 4.69) is 11.3 Å². The zero-order chi connectivity index (χ0) is 15.1. The van der Waals surface area contributed by atoms with Crippen LogP contribution >= 0.6 is 0 Å². The van der Waals surface area contributed by atoms with Crippen LogP contribution < -0.4 is 0 Å². The second-order valence-corrected chi connectivity index (χ2v) is 4.10. The monoisotopic (exact) mass is 279 g/mol. The van der Waals surface area contributed by atoms with E-state index < -0.39 is 10.9 Å². The fourth-order valence-electron chi connectivity index (χ4n) is 1.58. The van der Waals surface area contributed by atoms with Crippen molar-refractivity contribution < 1.29 is 19.2 Å². The van der Waals surface area contributed by atoms with Gasteiger partial charge in [0.2, 0.25) is 0 Å². The lowest BCUT2D eigenvalue weighted by Crippen LogP contribution is -2.07. The van der Waals surface area contributed by atoms with E-state index >= 15 is 0 Å². The number of esters is 1. The summed E-state index contributed by atoms with van der Waals surface area (Å²) in [6.45, 7) is 6.18. The van der Waals surface area contributed by atoms with Gasteiger partial charge < -0.3 is 9.47 Å². The minimum Gasteiger partial charge on any atom is -0.494 e. The van der Waals surface area contributed by atoms with Gasteiger partial charge in [-0.05, 0) is 12.5 Å². The Morgan fingerprint density at radius 1 is 1.40 bits per heavy atom. The Bertz CT molecular complexity index is 524. The van der Waals surface area contributed by atoms with Crippen molar-refractivity contribution in [3.05, 3.63) is 46.0 Å². The first-order valence-electron chi connectivity index (χ1n) is 6.20. The molecule has 0 aliphatic heterocycles. The van der Waals surface area contributed by atoms with Gasteiger partial charge in [0.25, 0.3) is 5.69 Å². The molecule has 0 fully saturated rings. The van der Waals surface area contributed by atoms with E-state index in [0.29, 0.717) is 6.61 Å². The predicted molar refractivity (Wildman–Crippen MR) is 74.3 cm³/mol. The summed E-state index contributed by atoms with van der Waals surface area (Å²) >= 11 is 0. The molecule has 6 nitrogen and oxygen atoms in total. The molecule has 1 aromatic carbocycles. The van der Waals surface area contributed by atoms with Crippen molar-refractivity contribution in [3.63, 3.8) is 0 Å². The van der Waals surface area contributed by atoms with Crippen molar-refractivity contribution in [3.8, 4) is 0 Å². The third-order valence-corrected chi connectivity index (χ3v) is 2.69. The van der Waals surface area contributed by atoms with E-state index in [0.717, 1.165) is 12.8 Å². The molecule has 0 atom stereocenters. The van der Waals surface area contributed by atoms with E-state index in [-0.39, 0.29) is 22.6 Å². The number of hydrogen-bond acceptors (Lipinski definition) is 5. The van der Waals surface area contributed by atoms with Gasteiger partial charge in [-0.1, -0.05) is 19.9 Å². The predicted octanol–water partition coefficient (Wildman–Crippen LogP) is 3.17. The van der Waals surface area contributed by atoms with Crippen molar-refractivity contribution >= 4 is 17.4 Å². The van der Waals surface area contributed by atoms with Gasteiger partial charge >= 0.3 is 5.97 Å². The highest BCUT2D eigenvalue weighted by Crippen LogP contribution is 2.25.